The van der Waals surface area contributed by atoms with Crippen LogP contribution in [0.5, 0.6) is 0 Å². The highest BCUT2D eigenvalue weighted by atomic mass is 16.3. The van der Waals surface area contributed by atoms with Gasteiger partial charge in [0.1, 0.15) is 6.04 Å². The largest absolute Gasteiger partial charge is 0.367 e. The molecule has 2 aliphatic rings. The summed E-state index contributed by atoms with van der Waals surface area (Å²) in [6.07, 6.45) is 2.35. The fourth-order valence-corrected chi connectivity index (χ4v) is 3.15. The number of hydrogen-bond donors (Lipinski definition) is 2. The molecule has 1 aromatic carbocycles. The Hall–Kier alpha value is -1.88. The summed E-state index contributed by atoms with van der Waals surface area (Å²) < 4.78 is 0. The van der Waals surface area contributed by atoms with Crippen LogP contribution in [0.4, 0.5) is 0 Å². The molecule has 0 radical (unpaired) electrons. The molecule has 106 valence electrons. The summed E-state index contributed by atoms with van der Waals surface area (Å²) in [7, 11) is 0. The van der Waals surface area contributed by atoms with Gasteiger partial charge in [0.2, 0.25) is 5.91 Å². The lowest BCUT2D eigenvalue weighted by molar-refractivity contribution is -0.137. The van der Waals surface area contributed by atoms with Gasteiger partial charge in [-0.3, -0.25) is 14.5 Å². The van der Waals surface area contributed by atoms with Gasteiger partial charge in [0.25, 0.3) is 5.91 Å². The second-order valence-corrected chi connectivity index (χ2v) is 5.54. The third kappa shape index (κ3) is 1.81. The zero-order chi connectivity index (χ0) is 14.3. The van der Waals surface area contributed by atoms with E-state index in [1.807, 2.05) is 0 Å². The molecule has 0 spiro atoms. The van der Waals surface area contributed by atoms with E-state index in [9.17, 15) is 14.7 Å². The maximum absolute atomic E-state index is 12.6. The molecule has 0 aromatic heterocycles. The van der Waals surface area contributed by atoms with Gasteiger partial charge in [-0.05, 0) is 32.3 Å². The van der Waals surface area contributed by atoms with Crippen LogP contribution in [0.2, 0.25) is 0 Å². The van der Waals surface area contributed by atoms with Crippen molar-refractivity contribution in [1.29, 1.82) is 0 Å². The molecule has 0 saturated carbocycles. The molecule has 2 N–H and O–H groups in total. The van der Waals surface area contributed by atoms with Crippen LogP contribution in [0, 0.1) is 0 Å². The number of benzene rings is 1. The maximum atomic E-state index is 12.6. The minimum absolute atomic E-state index is 0.177. The zero-order valence-corrected chi connectivity index (χ0v) is 11.4. The monoisotopic (exact) mass is 274 g/mol. The molecule has 2 amide bonds. The molecule has 1 saturated heterocycles. The van der Waals surface area contributed by atoms with Crippen molar-refractivity contribution in [3.8, 4) is 0 Å². The first-order chi connectivity index (χ1) is 9.53. The van der Waals surface area contributed by atoms with E-state index in [1.165, 1.54) is 4.90 Å². The van der Waals surface area contributed by atoms with Crippen LogP contribution in [0.3, 0.4) is 0 Å². The molecule has 5 heteroatoms. The van der Waals surface area contributed by atoms with E-state index < -0.39 is 11.8 Å². The molecule has 1 aromatic rings. The Morgan fingerprint density at radius 1 is 1.30 bits per heavy atom. The molecule has 20 heavy (non-hydrogen) atoms. The first kappa shape index (κ1) is 13.1. The smallest absolute Gasteiger partial charge is 0.257 e. The predicted molar refractivity (Wildman–Crippen MR) is 72.8 cm³/mol. The number of carbonyl (C=O) groups is 2. The summed E-state index contributed by atoms with van der Waals surface area (Å²) in [5.74, 6) is -0.448. The van der Waals surface area contributed by atoms with Gasteiger partial charge in [-0.2, -0.15) is 0 Å². The normalized spacial score (nSPS) is 29.9. The third-order valence-electron chi connectivity index (χ3n) is 4.17. The van der Waals surface area contributed by atoms with E-state index in [-0.39, 0.29) is 11.8 Å². The first-order valence-electron chi connectivity index (χ1n) is 6.97. The SMILES string of the molecule is CC1(O)c2ccccc2C(=O)N1[C@H]1CCCCNC1=O. The van der Waals surface area contributed by atoms with Crippen LogP contribution in [0.15, 0.2) is 24.3 Å². The number of aliphatic hydroxyl groups is 1. The summed E-state index contributed by atoms with van der Waals surface area (Å²) in [5, 5.41) is 13.6. The fraction of sp³-hybridized carbons (Fsp3) is 0.467. The highest BCUT2D eigenvalue weighted by molar-refractivity contribution is 6.02. The van der Waals surface area contributed by atoms with Gasteiger partial charge in [0.05, 0.1) is 0 Å². The summed E-state index contributed by atoms with van der Waals surface area (Å²) in [6.45, 7) is 2.21. The average Bonchev–Trinajstić information content (AvgIpc) is 2.58. The third-order valence-corrected chi connectivity index (χ3v) is 4.17. The highest BCUT2D eigenvalue weighted by Gasteiger charge is 2.49. The Kier molecular flexibility index (Phi) is 3.01. The van der Waals surface area contributed by atoms with Gasteiger partial charge < -0.3 is 10.4 Å². The predicted octanol–water partition coefficient (Wildman–Crippen LogP) is 0.976. The topological polar surface area (TPSA) is 69.6 Å². The number of amides is 2. The van der Waals surface area contributed by atoms with E-state index in [1.54, 1.807) is 31.2 Å². The average molecular weight is 274 g/mol. The van der Waals surface area contributed by atoms with Crippen LogP contribution in [-0.4, -0.2) is 34.4 Å². The molecular formula is C15H18N2O3. The van der Waals surface area contributed by atoms with E-state index >= 15 is 0 Å². The van der Waals surface area contributed by atoms with Crippen LogP contribution in [-0.2, 0) is 10.5 Å². The summed E-state index contributed by atoms with van der Waals surface area (Å²) in [6, 6.07) is 6.39. The van der Waals surface area contributed by atoms with Crippen molar-refractivity contribution in [2.75, 3.05) is 6.54 Å². The quantitative estimate of drug-likeness (QED) is 0.802. The van der Waals surface area contributed by atoms with E-state index in [2.05, 4.69) is 5.32 Å². The van der Waals surface area contributed by atoms with E-state index in [0.29, 0.717) is 24.1 Å². The Morgan fingerprint density at radius 2 is 2.05 bits per heavy atom. The van der Waals surface area contributed by atoms with Crippen molar-refractivity contribution in [2.24, 2.45) is 0 Å². The minimum Gasteiger partial charge on any atom is -0.367 e. The van der Waals surface area contributed by atoms with Crippen molar-refractivity contribution in [2.45, 2.75) is 38.0 Å². The minimum atomic E-state index is -1.43. The van der Waals surface area contributed by atoms with Gasteiger partial charge in [0.15, 0.2) is 5.72 Å². The molecule has 1 fully saturated rings. The lowest BCUT2D eigenvalue weighted by Gasteiger charge is -2.36. The van der Waals surface area contributed by atoms with E-state index in [4.69, 9.17) is 0 Å². The molecule has 2 aliphatic heterocycles. The van der Waals surface area contributed by atoms with Gasteiger partial charge in [-0.1, -0.05) is 18.2 Å². The number of fused-ring (bicyclic) bond motifs is 1. The van der Waals surface area contributed by atoms with Crippen molar-refractivity contribution in [3.63, 3.8) is 0 Å². The zero-order valence-electron chi connectivity index (χ0n) is 11.4. The summed E-state index contributed by atoms with van der Waals surface area (Å²) in [5.41, 5.74) is -0.378. The molecule has 0 aliphatic carbocycles. The van der Waals surface area contributed by atoms with Gasteiger partial charge in [-0.15, -0.1) is 0 Å². The van der Waals surface area contributed by atoms with Crippen molar-refractivity contribution >= 4 is 11.8 Å². The van der Waals surface area contributed by atoms with Crippen LogP contribution < -0.4 is 5.32 Å². The summed E-state index contributed by atoms with van der Waals surface area (Å²) >= 11 is 0. The van der Waals surface area contributed by atoms with Crippen molar-refractivity contribution in [3.05, 3.63) is 35.4 Å². The maximum Gasteiger partial charge on any atom is 0.257 e. The molecule has 2 atom stereocenters. The van der Waals surface area contributed by atoms with Crippen LogP contribution in [0.25, 0.3) is 0 Å². The van der Waals surface area contributed by atoms with Crippen molar-refractivity contribution in [1.82, 2.24) is 10.2 Å². The van der Waals surface area contributed by atoms with Gasteiger partial charge >= 0.3 is 0 Å². The highest BCUT2D eigenvalue weighted by Crippen LogP contribution is 2.39. The number of rotatable bonds is 1. The first-order valence-corrected chi connectivity index (χ1v) is 6.97. The Morgan fingerprint density at radius 3 is 2.80 bits per heavy atom. The van der Waals surface area contributed by atoms with Crippen LogP contribution >= 0.6 is 0 Å². The number of nitrogens with zero attached hydrogens (tertiary/aromatic N) is 1. The second-order valence-electron chi connectivity index (χ2n) is 5.54. The molecule has 5 nitrogen and oxygen atoms in total. The van der Waals surface area contributed by atoms with Crippen LogP contribution in [0.1, 0.15) is 42.1 Å². The molecule has 1 unspecified atom stereocenters. The standard InChI is InChI=1S/C15H18N2O3/c1-15(20)11-7-3-2-6-10(11)14(19)17(15)12-8-4-5-9-16-13(12)18/h2-3,6-7,12,20H,4-5,8-9H2,1H3,(H,16,18)/t12-,15?/m0/s1. The molecule has 2 heterocycles. The Bertz CT molecular complexity index is 568. The molecule has 3 rings (SSSR count). The van der Waals surface area contributed by atoms with Gasteiger partial charge in [-0.25, -0.2) is 0 Å². The van der Waals surface area contributed by atoms with Crippen molar-refractivity contribution < 1.29 is 14.7 Å². The number of hydrogen-bond acceptors (Lipinski definition) is 3. The van der Waals surface area contributed by atoms with E-state index in [0.717, 1.165) is 12.8 Å². The fourth-order valence-electron chi connectivity index (χ4n) is 3.15. The Balaban J connectivity index is 2.02. The second kappa shape index (κ2) is 4.59. The number of nitrogens with one attached hydrogen (secondary N) is 1. The number of carbonyl (C=O) groups excluding carboxylic acids is 2. The lowest BCUT2D eigenvalue weighted by atomic mass is 10.0. The molecular weight excluding hydrogens is 256 g/mol. The lowest BCUT2D eigenvalue weighted by Crippen LogP contribution is -2.53. The molecule has 0 bridgehead atoms. The Labute approximate surface area is 117 Å². The summed E-state index contributed by atoms with van der Waals surface area (Å²) in [4.78, 5) is 26.1. The van der Waals surface area contributed by atoms with Gasteiger partial charge in [0, 0.05) is 17.7 Å².